The van der Waals surface area contributed by atoms with Gasteiger partial charge < -0.3 is 19.6 Å². The fourth-order valence-corrected chi connectivity index (χ4v) is 5.77. The largest absolute Gasteiger partial charge is 0.356 e. The van der Waals surface area contributed by atoms with Gasteiger partial charge in [0.2, 0.25) is 12.3 Å². The molecule has 3 heterocycles. The normalized spacial score (nSPS) is 23.5. The van der Waals surface area contributed by atoms with Crippen LogP contribution in [-0.4, -0.2) is 72.6 Å². The van der Waals surface area contributed by atoms with Gasteiger partial charge >= 0.3 is 0 Å². The SMILES string of the molecule is C[CH+]CCOC(O)N1CCC(N2CCC3(CCN(C(C)=O)c4ccccc43)CC2)CC1. The first kappa shape index (κ1) is 22.6. The van der Waals surface area contributed by atoms with Crippen molar-refractivity contribution in [1.82, 2.24) is 9.80 Å². The van der Waals surface area contributed by atoms with E-state index in [1.807, 2.05) is 11.8 Å². The fraction of sp³-hybridized carbons (Fsp3) is 0.680. The monoisotopic (exact) mass is 428 g/mol. The number of hydrogen-bond acceptors (Lipinski definition) is 5. The number of carbonyl (C=O) groups excluding carboxylic acids is 1. The van der Waals surface area contributed by atoms with Crippen molar-refractivity contribution in [2.75, 3.05) is 44.2 Å². The number of carbonyl (C=O) groups is 1. The summed E-state index contributed by atoms with van der Waals surface area (Å²) in [7, 11) is 0. The van der Waals surface area contributed by atoms with Crippen LogP contribution in [0.25, 0.3) is 0 Å². The number of piperidine rings is 2. The minimum absolute atomic E-state index is 0.144. The highest BCUT2D eigenvalue weighted by Crippen LogP contribution is 2.47. The van der Waals surface area contributed by atoms with Crippen molar-refractivity contribution in [3.63, 3.8) is 0 Å². The minimum Gasteiger partial charge on any atom is -0.356 e. The molecule has 1 unspecified atom stereocenters. The standard InChI is InChI=1S/C25H38N3O3/c1-3-4-19-31-24(30)27-14-9-21(10-15-27)26-16-11-25(12-17-26)13-18-28(20(2)29)23-8-6-5-7-22(23)25/h3,5-8,21,24,30H,4,9-19H2,1-2H3/q+1. The molecule has 1 N–H and O–H groups in total. The van der Waals surface area contributed by atoms with Gasteiger partial charge in [0, 0.05) is 43.7 Å². The lowest BCUT2D eigenvalue weighted by Gasteiger charge is -2.50. The number of amides is 1. The fourth-order valence-electron chi connectivity index (χ4n) is 5.77. The summed E-state index contributed by atoms with van der Waals surface area (Å²) in [6, 6.07) is 9.13. The Kier molecular flexibility index (Phi) is 7.22. The Morgan fingerprint density at radius 1 is 1.16 bits per heavy atom. The second-order valence-electron chi connectivity index (χ2n) is 9.42. The van der Waals surface area contributed by atoms with Crippen molar-refractivity contribution in [3.05, 3.63) is 36.2 Å². The van der Waals surface area contributed by atoms with Crippen LogP contribution in [0.15, 0.2) is 24.3 Å². The van der Waals surface area contributed by atoms with E-state index >= 15 is 0 Å². The van der Waals surface area contributed by atoms with E-state index in [1.165, 1.54) is 5.56 Å². The molecule has 6 nitrogen and oxygen atoms in total. The number of rotatable bonds is 6. The molecule has 0 aliphatic carbocycles. The Hall–Kier alpha value is -1.60. The van der Waals surface area contributed by atoms with Gasteiger partial charge in [0.15, 0.2) is 0 Å². The highest BCUT2D eigenvalue weighted by Gasteiger charge is 2.43. The van der Waals surface area contributed by atoms with E-state index in [4.69, 9.17) is 4.74 Å². The van der Waals surface area contributed by atoms with E-state index in [1.54, 1.807) is 6.92 Å². The zero-order valence-electron chi connectivity index (χ0n) is 19.1. The number of anilines is 1. The Labute approximate surface area is 187 Å². The first-order valence-corrected chi connectivity index (χ1v) is 12.0. The van der Waals surface area contributed by atoms with Crippen molar-refractivity contribution < 1.29 is 14.6 Å². The van der Waals surface area contributed by atoms with Gasteiger partial charge in [-0.3, -0.25) is 9.69 Å². The average Bonchev–Trinajstić information content (AvgIpc) is 2.80. The molecule has 2 saturated heterocycles. The first-order valence-electron chi connectivity index (χ1n) is 12.0. The highest BCUT2D eigenvalue weighted by atomic mass is 16.6. The second kappa shape index (κ2) is 9.90. The van der Waals surface area contributed by atoms with Gasteiger partial charge in [0.25, 0.3) is 0 Å². The van der Waals surface area contributed by atoms with Gasteiger partial charge in [-0.1, -0.05) is 18.2 Å². The Bertz CT molecular complexity index is 739. The molecule has 4 rings (SSSR count). The van der Waals surface area contributed by atoms with Gasteiger partial charge in [0.05, 0.1) is 20.0 Å². The number of hydrogen-bond donors (Lipinski definition) is 1. The van der Waals surface area contributed by atoms with Crippen LogP contribution in [0.2, 0.25) is 0 Å². The maximum absolute atomic E-state index is 12.1. The van der Waals surface area contributed by atoms with E-state index in [0.717, 1.165) is 76.9 Å². The van der Waals surface area contributed by atoms with Gasteiger partial charge in [-0.25, -0.2) is 0 Å². The maximum atomic E-state index is 12.1. The number of nitrogens with zero attached hydrogens (tertiary/aromatic N) is 3. The topological polar surface area (TPSA) is 56.3 Å². The van der Waals surface area contributed by atoms with Crippen LogP contribution in [0.3, 0.4) is 0 Å². The number of aliphatic hydroxyl groups is 1. The molecule has 1 amide bonds. The summed E-state index contributed by atoms with van der Waals surface area (Å²) in [4.78, 5) is 18.8. The predicted octanol–water partition coefficient (Wildman–Crippen LogP) is 3.15. The lowest BCUT2D eigenvalue weighted by atomic mass is 9.67. The quantitative estimate of drug-likeness (QED) is 0.429. The van der Waals surface area contributed by atoms with Crippen molar-refractivity contribution >= 4 is 11.6 Å². The number of likely N-dealkylation sites (tertiary alicyclic amines) is 2. The third-order valence-corrected chi connectivity index (χ3v) is 7.72. The van der Waals surface area contributed by atoms with Gasteiger partial charge in [-0.15, -0.1) is 0 Å². The molecule has 170 valence electrons. The van der Waals surface area contributed by atoms with E-state index < -0.39 is 6.41 Å². The smallest absolute Gasteiger partial charge is 0.223 e. The second-order valence-corrected chi connectivity index (χ2v) is 9.42. The molecule has 1 spiro atoms. The number of para-hydroxylation sites is 1. The lowest BCUT2D eigenvalue weighted by molar-refractivity contribution is -0.199. The minimum atomic E-state index is -0.770. The highest BCUT2D eigenvalue weighted by molar-refractivity contribution is 5.93. The average molecular weight is 429 g/mol. The molecular formula is C25H38N3O3+. The summed E-state index contributed by atoms with van der Waals surface area (Å²) in [6.07, 6.45) is 7.72. The molecule has 0 saturated carbocycles. The third-order valence-electron chi connectivity index (χ3n) is 7.72. The van der Waals surface area contributed by atoms with Crippen LogP contribution in [0.4, 0.5) is 5.69 Å². The van der Waals surface area contributed by atoms with Crippen LogP contribution in [0.1, 0.15) is 57.9 Å². The maximum Gasteiger partial charge on any atom is 0.223 e. The van der Waals surface area contributed by atoms with Crippen LogP contribution < -0.4 is 4.90 Å². The number of unbranched alkanes of at least 4 members (excludes halogenated alkanes) is 1. The molecule has 1 aromatic rings. The predicted molar refractivity (Wildman–Crippen MR) is 123 cm³/mol. The van der Waals surface area contributed by atoms with Crippen LogP contribution in [-0.2, 0) is 14.9 Å². The molecule has 0 aromatic heterocycles. The van der Waals surface area contributed by atoms with Crippen molar-refractivity contribution in [1.29, 1.82) is 0 Å². The Morgan fingerprint density at radius 3 is 2.52 bits per heavy atom. The number of aliphatic hydroxyl groups excluding tert-OH is 1. The van der Waals surface area contributed by atoms with Gasteiger partial charge in [0.1, 0.15) is 6.42 Å². The van der Waals surface area contributed by atoms with Gasteiger partial charge in [-0.05, 0) is 56.8 Å². The Morgan fingerprint density at radius 2 is 1.84 bits per heavy atom. The van der Waals surface area contributed by atoms with Crippen molar-refractivity contribution in [2.24, 2.45) is 0 Å². The molecule has 6 heteroatoms. The summed E-state index contributed by atoms with van der Waals surface area (Å²) in [5, 5.41) is 10.3. The molecule has 2 fully saturated rings. The number of ether oxygens (including phenoxy) is 1. The molecular weight excluding hydrogens is 390 g/mol. The number of fused-ring (bicyclic) bond motifs is 2. The van der Waals surface area contributed by atoms with Crippen LogP contribution in [0, 0.1) is 6.42 Å². The van der Waals surface area contributed by atoms with Crippen molar-refractivity contribution in [2.45, 2.75) is 70.2 Å². The van der Waals surface area contributed by atoms with Gasteiger partial charge in [-0.2, -0.15) is 0 Å². The number of benzene rings is 1. The summed E-state index contributed by atoms with van der Waals surface area (Å²) in [5.41, 5.74) is 2.70. The van der Waals surface area contributed by atoms with Crippen molar-refractivity contribution in [3.8, 4) is 0 Å². The van der Waals surface area contributed by atoms with E-state index in [9.17, 15) is 9.90 Å². The summed E-state index contributed by atoms with van der Waals surface area (Å²) in [6.45, 7) is 9.10. The Balaban J connectivity index is 1.32. The molecule has 1 atom stereocenters. The molecule has 31 heavy (non-hydrogen) atoms. The lowest BCUT2D eigenvalue weighted by Crippen LogP contribution is -2.54. The summed E-state index contributed by atoms with van der Waals surface area (Å²) < 4.78 is 5.55. The van der Waals surface area contributed by atoms with E-state index in [-0.39, 0.29) is 11.3 Å². The van der Waals surface area contributed by atoms with E-state index in [0.29, 0.717) is 12.6 Å². The summed E-state index contributed by atoms with van der Waals surface area (Å²) >= 11 is 0. The van der Waals surface area contributed by atoms with E-state index in [2.05, 4.69) is 40.5 Å². The molecule has 0 radical (unpaired) electrons. The zero-order chi connectivity index (χ0) is 21.8. The molecule has 0 bridgehead atoms. The molecule has 3 aliphatic heterocycles. The molecule has 3 aliphatic rings. The van der Waals surface area contributed by atoms with Crippen LogP contribution in [0.5, 0.6) is 0 Å². The van der Waals surface area contributed by atoms with Crippen LogP contribution >= 0.6 is 0 Å². The first-order chi connectivity index (χ1) is 15.0. The summed E-state index contributed by atoms with van der Waals surface area (Å²) in [5.74, 6) is 0.144. The third kappa shape index (κ3) is 4.77. The molecule has 1 aromatic carbocycles. The zero-order valence-corrected chi connectivity index (χ0v) is 19.1.